The number of thioether (sulfide) groups is 1. The second-order valence-electron chi connectivity index (χ2n) is 4.28. The van der Waals surface area contributed by atoms with Crippen molar-refractivity contribution in [2.75, 3.05) is 12.5 Å². The molecule has 1 aromatic rings. The van der Waals surface area contributed by atoms with Gasteiger partial charge in [-0.2, -0.15) is 18.3 Å². The van der Waals surface area contributed by atoms with Crippen LogP contribution in [-0.4, -0.2) is 36.5 Å². The van der Waals surface area contributed by atoms with Crippen molar-refractivity contribution < 1.29 is 31.9 Å². The number of nitrogens with one attached hydrogen (secondary N) is 1. The van der Waals surface area contributed by atoms with Gasteiger partial charge in [-0.25, -0.2) is 4.39 Å². The summed E-state index contributed by atoms with van der Waals surface area (Å²) in [6.45, 7) is 1.53. The van der Waals surface area contributed by atoms with Gasteiger partial charge >= 0.3 is 12.1 Å². The summed E-state index contributed by atoms with van der Waals surface area (Å²) in [5.41, 5.74) is 1.67. The lowest BCUT2D eigenvalue weighted by Crippen LogP contribution is -2.24. The largest absolute Gasteiger partial charge is 0.468 e. The van der Waals surface area contributed by atoms with Crippen LogP contribution in [0.1, 0.15) is 6.92 Å². The van der Waals surface area contributed by atoms with Crippen molar-refractivity contribution in [1.29, 1.82) is 0 Å². The maximum atomic E-state index is 13.7. The van der Waals surface area contributed by atoms with Crippen molar-refractivity contribution in [2.45, 2.75) is 23.2 Å². The van der Waals surface area contributed by atoms with E-state index in [0.717, 1.165) is 23.9 Å². The lowest BCUT2D eigenvalue weighted by atomic mass is 10.3. The molecule has 0 heterocycles. The first-order valence-corrected chi connectivity index (χ1v) is 7.45. The summed E-state index contributed by atoms with van der Waals surface area (Å²) in [5, 5.41) is 2.38. The molecule has 1 atom stereocenters. The number of hydrazone groups is 1. The van der Waals surface area contributed by atoms with Crippen LogP contribution in [0.15, 0.2) is 22.1 Å². The number of Topliss-reactive ketones (excluding diaryl/α,β-unsaturated/α-hetero) is 1. The van der Waals surface area contributed by atoms with Crippen molar-refractivity contribution in [1.82, 2.24) is 0 Å². The number of hydrogen-bond donors (Lipinski definition) is 1. The van der Waals surface area contributed by atoms with Crippen LogP contribution < -0.4 is 5.43 Å². The van der Waals surface area contributed by atoms with Crippen LogP contribution in [0.3, 0.4) is 0 Å². The van der Waals surface area contributed by atoms with Crippen LogP contribution in [0.2, 0.25) is 5.02 Å². The molecule has 0 aliphatic carbocycles. The highest BCUT2D eigenvalue weighted by Crippen LogP contribution is 2.34. The molecule has 0 aromatic heterocycles. The summed E-state index contributed by atoms with van der Waals surface area (Å²) in [4.78, 5) is 22.3. The third-order valence-electron chi connectivity index (χ3n) is 2.50. The van der Waals surface area contributed by atoms with Gasteiger partial charge in [-0.3, -0.25) is 15.0 Å². The summed E-state index contributed by atoms with van der Waals surface area (Å²) >= 11 is 6.81. The summed E-state index contributed by atoms with van der Waals surface area (Å²) in [5.74, 6) is -3.63. The van der Waals surface area contributed by atoms with E-state index in [2.05, 4.69) is 9.84 Å². The Morgan fingerprint density at radius 1 is 1.42 bits per heavy atom. The molecular formula is C13H11ClF4N2O3S. The number of rotatable bonds is 6. The highest BCUT2D eigenvalue weighted by atomic mass is 35.5. The minimum Gasteiger partial charge on any atom is -0.468 e. The molecule has 0 aliphatic heterocycles. The molecule has 0 saturated carbocycles. The van der Waals surface area contributed by atoms with Gasteiger partial charge in [-0.1, -0.05) is 11.6 Å². The molecule has 0 fully saturated rings. The van der Waals surface area contributed by atoms with E-state index in [4.69, 9.17) is 11.6 Å². The summed E-state index contributed by atoms with van der Waals surface area (Å²) in [6, 6.07) is 2.05. The number of esters is 1. The molecule has 5 nitrogen and oxygen atoms in total. The fraction of sp³-hybridized carbons (Fsp3) is 0.308. The second-order valence-corrected chi connectivity index (χ2v) is 6.07. The first kappa shape index (κ1) is 20.2. The maximum Gasteiger partial charge on any atom is 0.455 e. The molecule has 11 heteroatoms. The number of ketones is 1. The number of anilines is 1. The van der Waals surface area contributed by atoms with E-state index in [1.54, 1.807) is 0 Å². The zero-order valence-corrected chi connectivity index (χ0v) is 13.9. The Labute approximate surface area is 143 Å². The number of carbonyl (C=O) groups is 2. The van der Waals surface area contributed by atoms with E-state index in [1.807, 2.05) is 5.43 Å². The number of halogens is 5. The average Bonchev–Trinajstić information content (AvgIpc) is 2.49. The highest BCUT2D eigenvalue weighted by Gasteiger charge is 2.36. The first-order chi connectivity index (χ1) is 11.1. The van der Waals surface area contributed by atoms with Crippen molar-refractivity contribution in [2.24, 2.45) is 5.10 Å². The van der Waals surface area contributed by atoms with Crippen LogP contribution in [0.5, 0.6) is 0 Å². The SMILES string of the molecule is COC(=O)C(C)Sc1cc(N/N=C/C(=O)C(F)(F)F)c(F)cc1Cl. The number of hydrogen-bond acceptors (Lipinski definition) is 6. The monoisotopic (exact) mass is 386 g/mol. The third-order valence-corrected chi connectivity index (χ3v) is 4.07. The number of alkyl halides is 3. The minimum absolute atomic E-state index is 0.00542. The maximum absolute atomic E-state index is 13.7. The molecule has 1 aromatic carbocycles. The molecule has 0 saturated heterocycles. The van der Waals surface area contributed by atoms with Gasteiger partial charge in [-0.05, 0) is 19.1 Å². The van der Waals surface area contributed by atoms with Crippen LogP contribution in [0.4, 0.5) is 23.2 Å². The molecule has 0 radical (unpaired) electrons. The van der Waals surface area contributed by atoms with E-state index in [-0.39, 0.29) is 21.8 Å². The molecular weight excluding hydrogens is 376 g/mol. The Morgan fingerprint density at radius 3 is 2.58 bits per heavy atom. The quantitative estimate of drug-likeness (QED) is 0.266. The van der Waals surface area contributed by atoms with Crippen LogP contribution in [0, 0.1) is 5.82 Å². The Kier molecular flexibility index (Phi) is 7.03. The number of benzene rings is 1. The standard InChI is InChI=1S/C13H11ClF4N2O3S/c1-6(12(22)23-2)24-10-4-9(8(15)3-7(10)14)20-19-5-11(21)13(16,17)18/h3-6,20H,1-2H3/b19-5+. The van der Waals surface area contributed by atoms with Crippen molar-refractivity contribution in [3.63, 3.8) is 0 Å². The van der Waals surface area contributed by atoms with E-state index < -0.39 is 29.0 Å². The Balaban J connectivity index is 2.93. The lowest BCUT2D eigenvalue weighted by Gasteiger charge is -2.12. The number of ether oxygens (including phenoxy) is 1. The molecule has 0 bridgehead atoms. The van der Waals surface area contributed by atoms with E-state index >= 15 is 0 Å². The second kappa shape index (κ2) is 8.34. The van der Waals surface area contributed by atoms with Gasteiger partial charge in [0.15, 0.2) is 0 Å². The normalized spacial score (nSPS) is 13.0. The highest BCUT2D eigenvalue weighted by molar-refractivity contribution is 8.00. The fourth-order valence-corrected chi connectivity index (χ4v) is 2.56. The van der Waals surface area contributed by atoms with Gasteiger partial charge < -0.3 is 4.74 Å². The molecule has 132 valence electrons. The molecule has 1 N–H and O–H groups in total. The van der Waals surface area contributed by atoms with Crippen molar-refractivity contribution in [3.8, 4) is 0 Å². The van der Waals surface area contributed by atoms with Gasteiger partial charge in [0.05, 0.1) is 24.0 Å². The predicted molar refractivity (Wildman–Crippen MR) is 81.9 cm³/mol. The van der Waals surface area contributed by atoms with Gasteiger partial charge in [0, 0.05) is 4.90 Å². The van der Waals surface area contributed by atoms with Crippen LogP contribution in [0.25, 0.3) is 0 Å². The minimum atomic E-state index is -5.07. The van der Waals surface area contributed by atoms with Gasteiger partial charge in [0.2, 0.25) is 0 Å². The van der Waals surface area contributed by atoms with Crippen LogP contribution >= 0.6 is 23.4 Å². The lowest BCUT2D eigenvalue weighted by molar-refractivity contribution is -0.162. The average molecular weight is 387 g/mol. The summed E-state index contributed by atoms with van der Waals surface area (Å²) in [6.07, 6.45) is -5.08. The molecule has 1 rings (SSSR count). The van der Waals surface area contributed by atoms with Gasteiger partial charge in [-0.15, -0.1) is 11.8 Å². The number of carbonyl (C=O) groups excluding carboxylic acids is 2. The topological polar surface area (TPSA) is 67.8 Å². The molecule has 24 heavy (non-hydrogen) atoms. The molecule has 0 amide bonds. The Morgan fingerprint density at radius 2 is 2.04 bits per heavy atom. The zero-order chi connectivity index (χ0) is 18.5. The Bertz CT molecular complexity index is 667. The zero-order valence-electron chi connectivity index (χ0n) is 12.3. The van der Waals surface area contributed by atoms with Crippen molar-refractivity contribution in [3.05, 3.63) is 23.0 Å². The van der Waals surface area contributed by atoms with E-state index in [1.165, 1.54) is 14.0 Å². The molecule has 0 aliphatic rings. The van der Waals surface area contributed by atoms with Crippen LogP contribution in [-0.2, 0) is 14.3 Å². The molecule has 1 unspecified atom stereocenters. The van der Waals surface area contributed by atoms with Crippen molar-refractivity contribution >= 4 is 47.0 Å². The fourth-order valence-electron chi connectivity index (χ4n) is 1.34. The summed E-state index contributed by atoms with van der Waals surface area (Å²) < 4.78 is 54.3. The first-order valence-electron chi connectivity index (χ1n) is 6.20. The number of methoxy groups -OCH3 is 1. The van der Waals surface area contributed by atoms with E-state index in [0.29, 0.717) is 0 Å². The van der Waals surface area contributed by atoms with Gasteiger partial charge in [0.1, 0.15) is 11.1 Å². The number of nitrogens with zero attached hydrogens (tertiary/aromatic N) is 1. The third kappa shape index (κ3) is 5.68. The molecule has 0 spiro atoms. The van der Waals surface area contributed by atoms with Gasteiger partial charge in [0.25, 0.3) is 5.78 Å². The Hall–Kier alpha value is -1.81. The smallest absolute Gasteiger partial charge is 0.455 e. The summed E-state index contributed by atoms with van der Waals surface area (Å²) in [7, 11) is 1.20. The van der Waals surface area contributed by atoms with E-state index in [9.17, 15) is 27.2 Å². The predicted octanol–water partition coefficient (Wildman–Crippen LogP) is 3.66.